The largest absolute Gasteiger partial charge is 0.497 e. The summed E-state index contributed by atoms with van der Waals surface area (Å²) < 4.78 is 11.2. The van der Waals surface area contributed by atoms with Gasteiger partial charge in [-0.25, -0.2) is 15.6 Å². The number of carboxylic acid groups (broad SMARTS) is 1. The van der Waals surface area contributed by atoms with E-state index in [0.29, 0.717) is 17.1 Å². The summed E-state index contributed by atoms with van der Waals surface area (Å²) >= 11 is 0. The number of benzene rings is 3. The monoisotopic (exact) mass is 455 g/mol. The summed E-state index contributed by atoms with van der Waals surface area (Å²) in [5.74, 6) is 7.04. The highest BCUT2D eigenvalue weighted by molar-refractivity contribution is 5.93. The van der Waals surface area contributed by atoms with E-state index in [0.717, 1.165) is 11.1 Å². The van der Waals surface area contributed by atoms with Gasteiger partial charge in [-0.3, -0.25) is 5.01 Å². The third kappa shape index (κ3) is 3.82. The lowest BCUT2D eigenvalue weighted by Gasteiger charge is -2.44. The number of hydrazine groups is 1. The number of anilines is 1. The first-order chi connectivity index (χ1) is 16.5. The molecule has 1 heterocycles. The van der Waals surface area contributed by atoms with Gasteiger partial charge in [0.15, 0.2) is 5.82 Å². The second-order valence-corrected chi connectivity index (χ2v) is 7.56. The molecule has 0 aliphatic carbocycles. The molecule has 34 heavy (non-hydrogen) atoms. The first-order valence-corrected chi connectivity index (χ1v) is 10.6. The van der Waals surface area contributed by atoms with Gasteiger partial charge in [0.25, 0.3) is 0 Å². The van der Waals surface area contributed by atoms with Crippen molar-refractivity contribution in [1.29, 1.82) is 0 Å². The van der Waals surface area contributed by atoms with Crippen molar-refractivity contribution in [2.45, 2.75) is 5.54 Å². The summed E-state index contributed by atoms with van der Waals surface area (Å²) in [6.07, 6.45) is 1.52. The molecular weight excluding hydrogens is 430 g/mol. The Balaban J connectivity index is 2.15. The Labute approximate surface area is 198 Å². The van der Waals surface area contributed by atoms with Gasteiger partial charge in [0.1, 0.15) is 22.6 Å². The van der Waals surface area contributed by atoms with E-state index in [1.165, 1.54) is 17.3 Å². The van der Waals surface area contributed by atoms with Gasteiger partial charge < -0.3 is 14.6 Å². The first-order valence-electron chi connectivity index (χ1n) is 10.6. The third-order valence-electron chi connectivity index (χ3n) is 5.79. The van der Waals surface area contributed by atoms with E-state index in [1.807, 2.05) is 72.8 Å². The number of carbonyl (C=O) groups is 1. The quantitative estimate of drug-likeness (QED) is 0.230. The maximum atomic E-state index is 12.1. The van der Waals surface area contributed by atoms with Gasteiger partial charge in [-0.1, -0.05) is 60.7 Å². The molecule has 7 nitrogen and oxygen atoms in total. The van der Waals surface area contributed by atoms with Crippen molar-refractivity contribution in [3.63, 3.8) is 0 Å². The molecule has 1 aromatic heterocycles. The number of rotatable bonds is 8. The molecule has 0 amide bonds. The second kappa shape index (κ2) is 9.64. The number of hydrogen-bond acceptors (Lipinski definition) is 6. The summed E-state index contributed by atoms with van der Waals surface area (Å²) in [5.41, 5.74) is 1.08. The van der Waals surface area contributed by atoms with Gasteiger partial charge in [0.2, 0.25) is 0 Å². The van der Waals surface area contributed by atoms with E-state index < -0.39 is 11.5 Å². The number of methoxy groups -OCH3 is 2. The molecule has 0 saturated carbocycles. The number of ether oxygens (including phenoxy) is 2. The summed E-state index contributed by atoms with van der Waals surface area (Å²) in [6, 6.07) is 27.8. The molecule has 0 fully saturated rings. The number of nitrogens with zero attached hydrogens (tertiary/aromatic N) is 2. The minimum atomic E-state index is -1.20. The lowest BCUT2D eigenvalue weighted by Crippen LogP contribution is -2.53. The van der Waals surface area contributed by atoms with Crippen LogP contribution in [0.25, 0.3) is 0 Å². The van der Waals surface area contributed by atoms with Gasteiger partial charge in [-0.15, -0.1) is 0 Å². The average molecular weight is 456 g/mol. The molecule has 0 saturated heterocycles. The molecule has 0 atom stereocenters. The van der Waals surface area contributed by atoms with Crippen molar-refractivity contribution in [3.8, 4) is 11.5 Å². The zero-order valence-corrected chi connectivity index (χ0v) is 18.9. The van der Waals surface area contributed by atoms with Crippen molar-refractivity contribution in [1.82, 2.24) is 4.98 Å². The SMILES string of the molecule is COc1ccc(C(c2ccccc2)(c2ccccc2)N(N)c2ncccc2C(=O)O)c(OC)c1. The molecule has 0 bridgehead atoms. The number of hydrogen-bond donors (Lipinski definition) is 2. The highest BCUT2D eigenvalue weighted by atomic mass is 16.5. The van der Waals surface area contributed by atoms with E-state index >= 15 is 0 Å². The first kappa shape index (κ1) is 22.8. The molecule has 0 aliphatic rings. The predicted octanol–water partition coefficient (Wildman–Crippen LogP) is 4.47. The summed E-state index contributed by atoms with van der Waals surface area (Å²) in [6.45, 7) is 0. The Morgan fingerprint density at radius 1 is 0.882 bits per heavy atom. The van der Waals surface area contributed by atoms with Crippen molar-refractivity contribution in [2.75, 3.05) is 19.2 Å². The summed E-state index contributed by atoms with van der Waals surface area (Å²) in [4.78, 5) is 16.5. The van der Waals surface area contributed by atoms with Crippen molar-refractivity contribution in [2.24, 2.45) is 5.84 Å². The topological polar surface area (TPSA) is 97.9 Å². The number of nitrogens with two attached hydrogens (primary N) is 1. The van der Waals surface area contributed by atoms with Crippen LogP contribution in [0.5, 0.6) is 11.5 Å². The minimum Gasteiger partial charge on any atom is -0.497 e. The maximum Gasteiger partial charge on any atom is 0.339 e. The van der Waals surface area contributed by atoms with E-state index in [-0.39, 0.29) is 11.4 Å². The fourth-order valence-corrected chi connectivity index (χ4v) is 4.26. The Morgan fingerprint density at radius 3 is 2.03 bits per heavy atom. The standard InChI is InChI=1S/C27H25N3O4/c1-33-21-15-16-23(24(18-21)34-2)27(19-10-5-3-6-11-19,20-12-7-4-8-13-20)30(28)25-22(26(31)32)14-9-17-29-25/h3-18H,28H2,1-2H3,(H,31,32). The van der Waals surface area contributed by atoms with Gasteiger partial charge in [-0.2, -0.15) is 0 Å². The van der Waals surface area contributed by atoms with Crippen LogP contribution >= 0.6 is 0 Å². The molecule has 0 unspecified atom stereocenters. The van der Waals surface area contributed by atoms with E-state index in [2.05, 4.69) is 4.98 Å². The van der Waals surface area contributed by atoms with Crippen LogP contribution in [0.15, 0.2) is 97.2 Å². The van der Waals surface area contributed by atoms with Crippen molar-refractivity contribution in [3.05, 3.63) is 119 Å². The van der Waals surface area contributed by atoms with Crippen molar-refractivity contribution < 1.29 is 19.4 Å². The van der Waals surface area contributed by atoms with Crippen LogP contribution in [0.2, 0.25) is 0 Å². The Bertz CT molecular complexity index is 1240. The van der Waals surface area contributed by atoms with Crippen LogP contribution in [-0.2, 0) is 5.54 Å². The third-order valence-corrected chi connectivity index (χ3v) is 5.79. The van der Waals surface area contributed by atoms with E-state index in [4.69, 9.17) is 15.3 Å². The zero-order valence-electron chi connectivity index (χ0n) is 18.9. The second-order valence-electron chi connectivity index (χ2n) is 7.56. The predicted molar refractivity (Wildman–Crippen MR) is 130 cm³/mol. The number of aromatic nitrogens is 1. The van der Waals surface area contributed by atoms with Crippen LogP contribution in [-0.4, -0.2) is 30.3 Å². The lowest BCUT2D eigenvalue weighted by molar-refractivity contribution is 0.0697. The average Bonchev–Trinajstić information content (AvgIpc) is 2.90. The minimum absolute atomic E-state index is 0.0197. The zero-order chi connectivity index (χ0) is 24.1. The molecule has 3 aromatic carbocycles. The van der Waals surface area contributed by atoms with Gasteiger partial charge in [-0.05, 0) is 35.4 Å². The number of pyridine rings is 1. The number of aromatic carboxylic acids is 1. The molecular formula is C27H25N3O4. The highest BCUT2D eigenvalue weighted by Gasteiger charge is 2.45. The van der Waals surface area contributed by atoms with Gasteiger partial charge in [0, 0.05) is 17.8 Å². The Kier molecular flexibility index (Phi) is 6.47. The van der Waals surface area contributed by atoms with Crippen LogP contribution in [0, 0.1) is 0 Å². The summed E-state index contributed by atoms with van der Waals surface area (Å²) in [5, 5.41) is 11.3. The van der Waals surface area contributed by atoms with Crippen molar-refractivity contribution >= 4 is 11.8 Å². The fraction of sp³-hybridized carbons (Fsp3) is 0.111. The molecule has 4 aromatic rings. The Morgan fingerprint density at radius 2 is 1.50 bits per heavy atom. The summed E-state index contributed by atoms with van der Waals surface area (Å²) in [7, 11) is 3.15. The molecule has 4 rings (SSSR count). The lowest BCUT2D eigenvalue weighted by atomic mass is 9.75. The van der Waals surface area contributed by atoms with Crippen LogP contribution in [0.3, 0.4) is 0 Å². The van der Waals surface area contributed by atoms with E-state index in [1.54, 1.807) is 26.4 Å². The van der Waals surface area contributed by atoms with Gasteiger partial charge in [0.05, 0.1) is 14.2 Å². The molecule has 172 valence electrons. The number of carboxylic acids is 1. The molecule has 0 radical (unpaired) electrons. The van der Waals surface area contributed by atoms with Crippen LogP contribution in [0.4, 0.5) is 5.82 Å². The molecule has 7 heteroatoms. The highest BCUT2D eigenvalue weighted by Crippen LogP contribution is 2.47. The Hall–Kier alpha value is -4.36. The normalized spacial score (nSPS) is 11.0. The fourth-order valence-electron chi connectivity index (χ4n) is 4.26. The molecule has 3 N–H and O–H groups in total. The van der Waals surface area contributed by atoms with Gasteiger partial charge >= 0.3 is 5.97 Å². The van der Waals surface area contributed by atoms with E-state index in [9.17, 15) is 9.90 Å². The van der Waals surface area contributed by atoms with Crippen LogP contribution < -0.4 is 20.3 Å². The van der Waals surface area contributed by atoms with Crippen LogP contribution in [0.1, 0.15) is 27.0 Å². The maximum absolute atomic E-state index is 12.1. The smallest absolute Gasteiger partial charge is 0.339 e. The molecule has 0 aliphatic heterocycles. The molecule has 0 spiro atoms.